The Morgan fingerprint density at radius 3 is 2.93 bits per heavy atom. The maximum Gasteiger partial charge on any atom is 0.157 e. The monoisotopic (exact) mass is 204 g/mol. The van der Waals surface area contributed by atoms with E-state index >= 15 is 0 Å². The molecule has 0 saturated heterocycles. The van der Waals surface area contributed by atoms with Crippen LogP contribution in [-0.2, 0) is 13.1 Å². The van der Waals surface area contributed by atoms with Crippen LogP contribution in [0.3, 0.4) is 0 Å². The van der Waals surface area contributed by atoms with Crippen LogP contribution in [0.1, 0.15) is 19.4 Å². The van der Waals surface area contributed by atoms with Gasteiger partial charge in [0.05, 0.1) is 6.20 Å². The van der Waals surface area contributed by atoms with Gasteiger partial charge in [0.25, 0.3) is 0 Å². The van der Waals surface area contributed by atoms with Crippen LogP contribution in [0.5, 0.6) is 0 Å². The Bertz CT molecular complexity index is 447. The Balaban J connectivity index is 2.31. The molecule has 80 valence electrons. The average Bonchev–Trinajstić information content (AvgIpc) is 2.68. The summed E-state index contributed by atoms with van der Waals surface area (Å²) < 4.78 is 1.91. The molecule has 0 aromatic carbocycles. The summed E-state index contributed by atoms with van der Waals surface area (Å²) >= 11 is 0. The molecular formula is C11H16N4. The van der Waals surface area contributed by atoms with Crippen molar-refractivity contribution in [1.29, 1.82) is 0 Å². The maximum absolute atomic E-state index is 4.43. The number of hydrogen-bond donors (Lipinski definition) is 1. The molecule has 2 heterocycles. The molecule has 0 aliphatic carbocycles. The van der Waals surface area contributed by atoms with Crippen molar-refractivity contribution in [2.75, 3.05) is 6.54 Å². The number of nitrogens with one attached hydrogen (secondary N) is 1. The summed E-state index contributed by atoms with van der Waals surface area (Å²) in [4.78, 5) is 4.43. The van der Waals surface area contributed by atoms with Crippen molar-refractivity contribution >= 4 is 11.0 Å². The molecule has 0 fully saturated rings. The highest BCUT2D eigenvalue weighted by Crippen LogP contribution is 2.12. The lowest BCUT2D eigenvalue weighted by Gasteiger charge is -2.02. The highest BCUT2D eigenvalue weighted by molar-refractivity contribution is 5.74. The molecule has 2 aromatic heterocycles. The first-order valence-electron chi connectivity index (χ1n) is 5.36. The molecule has 2 rings (SSSR count). The Hall–Kier alpha value is -1.42. The van der Waals surface area contributed by atoms with Crippen molar-refractivity contribution in [2.45, 2.75) is 26.9 Å². The molecular weight excluding hydrogens is 188 g/mol. The number of fused-ring (bicyclic) bond motifs is 1. The molecule has 4 heteroatoms. The molecule has 0 radical (unpaired) electrons. The fourth-order valence-corrected chi connectivity index (χ4v) is 1.61. The molecule has 0 saturated carbocycles. The predicted octanol–water partition coefficient (Wildman–Crippen LogP) is 1.56. The first-order chi connectivity index (χ1) is 7.35. The van der Waals surface area contributed by atoms with Crippen LogP contribution in [0.15, 0.2) is 18.5 Å². The van der Waals surface area contributed by atoms with Crippen molar-refractivity contribution < 1.29 is 0 Å². The molecule has 4 nitrogen and oxygen atoms in total. The third-order valence-corrected chi connectivity index (χ3v) is 2.41. The van der Waals surface area contributed by atoms with E-state index in [9.17, 15) is 0 Å². The Labute approximate surface area is 89.3 Å². The highest BCUT2D eigenvalue weighted by Gasteiger charge is 2.02. The average molecular weight is 204 g/mol. The topological polar surface area (TPSA) is 42.7 Å². The van der Waals surface area contributed by atoms with E-state index in [0.717, 1.165) is 30.7 Å². The number of hydrogen-bond acceptors (Lipinski definition) is 3. The first-order valence-corrected chi connectivity index (χ1v) is 5.36. The van der Waals surface area contributed by atoms with E-state index in [4.69, 9.17) is 0 Å². The molecule has 2 aromatic rings. The van der Waals surface area contributed by atoms with Crippen LogP contribution >= 0.6 is 0 Å². The van der Waals surface area contributed by atoms with Gasteiger partial charge in [0.15, 0.2) is 5.65 Å². The van der Waals surface area contributed by atoms with E-state index in [1.54, 1.807) is 0 Å². The smallest absolute Gasteiger partial charge is 0.157 e. The minimum Gasteiger partial charge on any atom is -0.313 e. The Morgan fingerprint density at radius 1 is 1.33 bits per heavy atom. The normalized spacial score (nSPS) is 11.1. The highest BCUT2D eigenvalue weighted by atomic mass is 15.3. The predicted molar refractivity (Wildman–Crippen MR) is 60.6 cm³/mol. The molecule has 0 aliphatic heterocycles. The summed E-state index contributed by atoms with van der Waals surface area (Å²) in [6.07, 6.45) is 3.79. The van der Waals surface area contributed by atoms with Crippen molar-refractivity contribution in [3.8, 4) is 0 Å². The quantitative estimate of drug-likeness (QED) is 0.822. The zero-order valence-corrected chi connectivity index (χ0v) is 9.20. The van der Waals surface area contributed by atoms with Gasteiger partial charge >= 0.3 is 0 Å². The van der Waals surface area contributed by atoms with Gasteiger partial charge in [-0.1, -0.05) is 6.92 Å². The van der Waals surface area contributed by atoms with Crippen LogP contribution in [0.25, 0.3) is 11.0 Å². The molecule has 0 spiro atoms. The van der Waals surface area contributed by atoms with Crippen molar-refractivity contribution in [2.24, 2.45) is 0 Å². The largest absolute Gasteiger partial charge is 0.313 e. The van der Waals surface area contributed by atoms with Gasteiger partial charge in [-0.3, -0.25) is 0 Å². The fourth-order valence-electron chi connectivity index (χ4n) is 1.61. The van der Waals surface area contributed by atoms with Crippen LogP contribution in [0, 0.1) is 0 Å². The van der Waals surface area contributed by atoms with E-state index in [-0.39, 0.29) is 0 Å². The fraction of sp³-hybridized carbons (Fsp3) is 0.455. The molecule has 0 aliphatic rings. The van der Waals surface area contributed by atoms with Crippen LogP contribution in [0.2, 0.25) is 0 Å². The van der Waals surface area contributed by atoms with Crippen molar-refractivity contribution in [1.82, 2.24) is 20.1 Å². The maximum atomic E-state index is 4.43. The minimum absolute atomic E-state index is 0.864. The van der Waals surface area contributed by atoms with Crippen molar-refractivity contribution in [3.05, 3.63) is 24.0 Å². The van der Waals surface area contributed by atoms with E-state index in [2.05, 4.69) is 35.3 Å². The van der Waals surface area contributed by atoms with Crippen LogP contribution in [-0.4, -0.2) is 21.3 Å². The summed E-state index contributed by atoms with van der Waals surface area (Å²) in [6.45, 7) is 6.88. The van der Waals surface area contributed by atoms with Crippen LogP contribution in [0.4, 0.5) is 0 Å². The number of nitrogens with zero attached hydrogens (tertiary/aromatic N) is 3. The number of pyridine rings is 1. The molecule has 0 atom stereocenters. The second-order valence-corrected chi connectivity index (χ2v) is 3.50. The van der Waals surface area contributed by atoms with Gasteiger partial charge in [0, 0.05) is 24.7 Å². The lowest BCUT2D eigenvalue weighted by molar-refractivity contribution is 0.676. The summed E-state index contributed by atoms with van der Waals surface area (Å²) in [7, 11) is 0. The first kappa shape index (κ1) is 10.1. The summed E-state index contributed by atoms with van der Waals surface area (Å²) in [5.74, 6) is 0. The zero-order chi connectivity index (χ0) is 10.7. The summed E-state index contributed by atoms with van der Waals surface area (Å²) in [5.41, 5.74) is 2.18. The van der Waals surface area contributed by atoms with Gasteiger partial charge < -0.3 is 5.32 Å². The lowest BCUT2D eigenvalue weighted by atomic mass is 10.2. The lowest BCUT2D eigenvalue weighted by Crippen LogP contribution is -2.11. The standard InChI is InChI=1S/C11H16N4/c1-3-12-6-9-5-10-8-14-15(4-2)11(10)13-7-9/h5,7-8,12H,3-4,6H2,1-2H3. The molecule has 1 N–H and O–H groups in total. The van der Waals surface area contributed by atoms with Crippen LogP contribution < -0.4 is 5.32 Å². The zero-order valence-electron chi connectivity index (χ0n) is 9.20. The second kappa shape index (κ2) is 4.40. The van der Waals surface area contributed by atoms with Gasteiger partial charge in [0.1, 0.15) is 0 Å². The number of rotatable bonds is 4. The number of aromatic nitrogens is 3. The second-order valence-electron chi connectivity index (χ2n) is 3.50. The molecule has 0 bridgehead atoms. The van der Waals surface area contributed by atoms with E-state index in [1.807, 2.05) is 17.1 Å². The molecule has 0 amide bonds. The third kappa shape index (κ3) is 1.99. The SMILES string of the molecule is CCNCc1cnc2c(cnn2CC)c1. The Kier molecular flexibility index (Phi) is 2.97. The van der Waals surface area contributed by atoms with Gasteiger partial charge in [-0.15, -0.1) is 0 Å². The van der Waals surface area contributed by atoms with Gasteiger partial charge in [-0.05, 0) is 25.1 Å². The minimum atomic E-state index is 0.864. The molecule has 15 heavy (non-hydrogen) atoms. The van der Waals surface area contributed by atoms with Crippen molar-refractivity contribution in [3.63, 3.8) is 0 Å². The Morgan fingerprint density at radius 2 is 2.20 bits per heavy atom. The summed E-state index contributed by atoms with van der Waals surface area (Å²) in [5, 5.41) is 8.67. The summed E-state index contributed by atoms with van der Waals surface area (Å²) in [6, 6.07) is 2.14. The molecule has 0 unspecified atom stereocenters. The third-order valence-electron chi connectivity index (χ3n) is 2.41. The van der Waals surface area contributed by atoms with E-state index in [0.29, 0.717) is 0 Å². The van der Waals surface area contributed by atoms with Gasteiger partial charge in [0.2, 0.25) is 0 Å². The van der Waals surface area contributed by atoms with Gasteiger partial charge in [-0.25, -0.2) is 9.67 Å². The van der Waals surface area contributed by atoms with E-state index in [1.165, 1.54) is 5.56 Å². The van der Waals surface area contributed by atoms with Gasteiger partial charge in [-0.2, -0.15) is 5.10 Å². The number of aryl methyl sites for hydroxylation is 1. The van der Waals surface area contributed by atoms with E-state index < -0.39 is 0 Å².